The summed E-state index contributed by atoms with van der Waals surface area (Å²) in [6.07, 6.45) is 0. The SMILES string of the molecule is CC(C)CNCc1ccc(CN2CCOC(C)(C)C2)cc1. The maximum atomic E-state index is 5.77. The van der Waals surface area contributed by atoms with Gasteiger partial charge in [0, 0.05) is 26.2 Å². The quantitative estimate of drug-likeness (QED) is 0.871. The first-order valence-electron chi connectivity index (χ1n) is 8.09. The van der Waals surface area contributed by atoms with E-state index in [0.717, 1.165) is 39.3 Å². The van der Waals surface area contributed by atoms with E-state index in [1.54, 1.807) is 0 Å². The second-order valence-corrected chi connectivity index (χ2v) is 7.16. The fraction of sp³-hybridized carbons (Fsp3) is 0.667. The van der Waals surface area contributed by atoms with Crippen molar-refractivity contribution >= 4 is 0 Å². The highest BCUT2D eigenvalue weighted by atomic mass is 16.5. The maximum absolute atomic E-state index is 5.77. The summed E-state index contributed by atoms with van der Waals surface area (Å²) in [6, 6.07) is 9.01. The Labute approximate surface area is 129 Å². The molecular formula is C18H30N2O. The Hall–Kier alpha value is -0.900. The zero-order chi connectivity index (χ0) is 15.3. The highest BCUT2D eigenvalue weighted by Crippen LogP contribution is 2.18. The molecule has 1 aliphatic rings. The molecule has 0 atom stereocenters. The molecule has 1 heterocycles. The number of nitrogens with zero attached hydrogens (tertiary/aromatic N) is 1. The lowest BCUT2D eigenvalue weighted by molar-refractivity contribution is -0.0882. The second kappa shape index (κ2) is 7.39. The average Bonchev–Trinajstić information content (AvgIpc) is 2.39. The van der Waals surface area contributed by atoms with Crippen LogP contribution in [0.1, 0.15) is 38.8 Å². The highest BCUT2D eigenvalue weighted by molar-refractivity contribution is 5.22. The van der Waals surface area contributed by atoms with Gasteiger partial charge in [-0.05, 0) is 37.4 Å². The van der Waals surface area contributed by atoms with Crippen LogP contribution in [0, 0.1) is 5.92 Å². The number of hydrogen-bond donors (Lipinski definition) is 1. The van der Waals surface area contributed by atoms with Gasteiger partial charge >= 0.3 is 0 Å². The van der Waals surface area contributed by atoms with E-state index < -0.39 is 0 Å². The average molecular weight is 290 g/mol. The normalized spacial score (nSPS) is 19.1. The summed E-state index contributed by atoms with van der Waals surface area (Å²) >= 11 is 0. The minimum atomic E-state index is -0.0149. The summed E-state index contributed by atoms with van der Waals surface area (Å²) < 4.78 is 5.77. The zero-order valence-electron chi connectivity index (χ0n) is 14.0. The van der Waals surface area contributed by atoms with Gasteiger partial charge in [-0.25, -0.2) is 0 Å². The van der Waals surface area contributed by atoms with Crippen LogP contribution in [0.5, 0.6) is 0 Å². The summed E-state index contributed by atoms with van der Waals surface area (Å²) in [5, 5.41) is 3.49. The Morgan fingerprint density at radius 3 is 2.48 bits per heavy atom. The summed E-state index contributed by atoms with van der Waals surface area (Å²) in [5.41, 5.74) is 2.74. The van der Waals surface area contributed by atoms with E-state index in [9.17, 15) is 0 Å². The van der Waals surface area contributed by atoms with Crippen molar-refractivity contribution in [2.75, 3.05) is 26.2 Å². The van der Waals surface area contributed by atoms with E-state index in [2.05, 4.69) is 62.2 Å². The molecule has 0 amide bonds. The molecule has 21 heavy (non-hydrogen) atoms. The number of nitrogens with one attached hydrogen (secondary N) is 1. The summed E-state index contributed by atoms with van der Waals surface area (Å²) in [7, 11) is 0. The van der Waals surface area contributed by atoms with Crippen LogP contribution in [0.2, 0.25) is 0 Å². The van der Waals surface area contributed by atoms with Crippen molar-refractivity contribution in [1.29, 1.82) is 0 Å². The van der Waals surface area contributed by atoms with E-state index in [-0.39, 0.29) is 5.60 Å². The van der Waals surface area contributed by atoms with Gasteiger partial charge in [0.05, 0.1) is 12.2 Å². The molecular weight excluding hydrogens is 260 g/mol. The smallest absolute Gasteiger partial charge is 0.0753 e. The number of benzene rings is 1. The van der Waals surface area contributed by atoms with Gasteiger partial charge in [-0.2, -0.15) is 0 Å². The minimum absolute atomic E-state index is 0.0149. The third kappa shape index (κ3) is 5.77. The van der Waals surface area contributed by atoms with Crippen LogP contribution in [-0.2, 0) is 17.8 Å². The lowest BCUT2D eigenvalue weighted by Gasteiger charge is -2.38. The summed E-state index contributed by atoms with van der Waals surface area (Å²) in [4.78, 5) is 2.48. The molecule has 1 aromatic rings. The van der Waals surface area contributed by atoms with Gasteiger partial charge in [-0.1, -0.05) is 38.1 Å². The molecule has 0 unspecified atom stereocenters. The number of rotatable bonds is 6. The number of morpholine rings is 1. The molecule has 0 aromatic heterocycles. The Morgan fingerprint density at radius 2 is 1.86 bits per heavy atom. The molecule has 0 bridgehead atoms. The van der Waals surface area contributed by atoms with Crippen LogP contribution >= 0.6 is 0 Å². The van der Waals surface area contributed by atoms with Crippen LogP contribution < -0.4 is 5.32 Å². The number of ether oxygens (including phenoxy) is 1. The van der Waals surface area contributed by atoms with Crippen molar-refractivity contribution in [2.45, 2.75) is 46.4 Å². The predicted octanol–water partition coefficient (Wildman–Crippen LogP) is 3.04. The fourth-order valence-corrected chi connectivity index (χ4v) is 2.78. The van der Waals surface area contributed by atoms with Gasteiger partial charge in [0.2, 0.25) is 0 Å². The fourth-order valence-electron chi connectivity index (χ4n) is 2.78. The first kappa shape index (κ1) is 16.5. The van der Waals surface area contributed by atoms with Crippen molar-refractivity contribution in [3.05, 3.63) is 35.4 Å². The van der Waals surface area contributed by atoms with Crippen molar-refractivity contribution in [3.63, 3.8) is 0 Å². The molecule has 3 heteroatoms. The molecule has 0 radical (unpaired) electrons. The van der Waals surface area contributed by atoms with E-state index >= 15 is 0 Å². The minimum Gasteiger partial charge on any atom is -0.373 e. The van der Waals surface area contributed by atoms with Gasteiger partial charge in [0.15, 0.2) is 0 Å². The van der Waals surface area contributed by atoms with Gasteiger partial charge in [0.1, 0.15) is 0 Å². The van der Waals surface area contributed by atoms with Crippen molar-refractivity contribution in [1.82, 2.24) is 10.2 Å². The Kier molecular flexibility index (Phi) is 5.80. The molecule has 1 fully saturated rings. The van der Waals surface area contributed by atoms with E-state index in [0.29, 0.717) is 5.92 Å². The van der Waals surface area contributed by atoms with Crippen molar-refractivity contribution in [2.24, 2.45) is 5.92 Å². The molecule has 0 saturated carbocycles. The third-order valence-electron chi connectivity index (χ3n) is 3.82. The first-order valence-corrected chi connectivity index (χ1v) is 8.09. The van der Waals surface area contributed by atoms with Gasteiger partial charge in [-0.3, -0.25) is 4.90 Å². The second-order valence-electron chi connectivity index (χ2n) is 7.16. The lowest BCUT2D eigenvalue weighted by atomic mass is 10.1. The van der Waals surface area contributed by atoms with Crippen LogP contribution in [0.15, 0.2) is 24.3 Å². The molecule has 0 aliphatic carbocycles. The van der Waals surface area contributed by atoms with E-state index in [1.165, 1.54) is 11.1 Å². The third-order valence-corrected chi connectivity index (χ3v) is 3.82. The molecule has 1 aromatic carbocycles. The molecule has 1 saturated heterocycles. The lowest BCUT2D eigenvalue weighted by Crippen LogP contribution is -2.47. The van der Waals surface area contributed by atoms with Crippen LogP contribution in [-0.4, -0.2) is 36.7 Å². The van der Waals surface area contributed by atoms with Crippen molar-refractivity contribution in [3.8, 4) is 0 Å². The Balaban J connectivity index is 1.82. The molecule has 118 valence electrons. The van der Waals surface area contributed by atoms with E-state index in [1.807, 2.05) is 0 Å². The largest absolute Gasteiger partial charge is 0.373 e. The van der Waals surface area contributed by atoms with Crippen LogP contribution in [0.25, 0.3) is 0 Å². The molecule has 1 N–H and O–H groups in total. The van der Waals surface area contributed by atoms with Crippen LogP contribution in [0.3, 0.4) is 0 Å². The topological polar surface area (TPSA) is 24.5 Å². The number of hydrogen-bond acceptors (Lipinski definition) is 3. The Bertz CT molecular complexity index is 425. The van der Waals surface area contributed by atoms with Crippen molar-refractivity contribution < 1.29 is 4.74 Å². The summed E-state index contributed by atoms with van der Waals surface area (Å²) in [5.74, 6) is 0.703. The molecule has 0 spiro atoms. The van der Waals surface area contributed by atoms with Crippen LogP contribution in [0.4, 0.5) is 0 Å². The molecule has 1 aliphatic heterocycles. The summed E-state index contributed by atoms with van der Waals surface area (Å²) in [6.45, 7) is 14.7. The van der Waals surface area contributed by atoms with Gasteiger partial charge in [-0.15, -0.1) is 0 Å². The zero-order valence-corrected chi connectivity index (χ0v) is 14.0. The predicted molar refractivity (Wildman–Crippen MR) is 88.3 cm³/mol. The monoisotopic (exact) mass is 290 g/mol. The standard InChI is InChI=1S/C18H30N2O/c1-15(2)11-19-12-16-5-7-17(8-6-16)13-20-9-10-21-18(3,4)14-20/h5-8,15,19H,9-14H2,1-4H3. The first-order chi connectivity index (χ1) is 9.94. The highest BCUT2D eigenvalue weighted by Gasteiger charge is 2.26. The Morgan fingerprint density at radius 1 is 1.19 bits per heavy atom. The molecule has 3 nitrogen and oxygen atoms in total. The van der Waals surface area contributed by atoms with Gasteiger partial charge in [0.25, 0.3) is 0 Å². The van der Waals surface area contributed by atoms with E-state index in [4.69, 9.17) is 4.74 Å². The van der Waals surface area contributed by atoms with Gasteiger partial charge < -0.3 is 10.1 Å². The maximum Gasteiger partial charge on any atom is 0.0753 e. The molecule has 2 rings (SSSR count).